The Labute approximate surface area is 138 Å². The van der Waals surface area contributed by atoms with Gasteiger partial charge in [-0.3, -0.25) is 14.9 Å². The number of nitro groups is 1. The molecular weight excluding hydrogens is 310 g/mol. The van der Waals surface area contributed by atoms with E-state index in [0.717, 1.165) is 10.6 Å². The molecule has 2 aromatic rings. The molecule has 0 saturated carbocycles. The minimum absolute atomic E-state index is 0.110. The lowest BCUT2D eigenvalue weighted by atomic mass is 10.0. The summed E-state index contributed by atoms with van der Waals surface area (Å²) in [4.78, 5) is 23.2. The number of nitro benzene ring substituents is 1. The number of rotatable bonds is 3. The van der Waals surface area contributed by atoms with E-state index < -0.39 is 16.6 Å². The highest BCUT2D eigenvalue weighted by atomic mass is 16.6. The number of hydrogen-bond donors (Lipinski definition) is 1. The van der Waals surface area contributed by atoms with E-state index in [9.17, 15) is 20.0 Å². The first kappa shape index (κ1) is 15.8. The Balaban J connectivity index is 2.00. The van der Waals surface area contributed by atoms with Gasteiger partial charge in [0.15, 0.2) is 5.72 Å². The van der Waals surface area contributed by atoms with E-state index in [0.29, 0.717) is 5.71 Å². The van der Waals surface area contributed by atoms with Crippen molar-refractivity contribution in [2.24, 2.45) is 5.10 Å². The first-order valence-corrected chi connectivity index (χ1v) is 7.33. The maximum Gasteiger partial charge on any atom is 0.283 e. The molecule has 1 atom stereocenters. The van der Waals surface area contributed by atoms with Crippen LogP contribution in [0, 0.1) is 10.1 Å². The van der Waals surface area contributed by atoms with Gasteiger partial charge in [0.1, 0.15) is 5.56 Å². The quantitative estimate of drug-likeness (QED) is 0.693. The summed E-state index contributed by atoms with van der Waals surface area (Å²) in [6.07, 6.45) is 0.142. The molecule has 0 unspecified atom stereocenters. The van der Waals surface area contributed by atoms with E-state index in [1.165, 1.54) is 31.2 Å². The number of hydrogen-bond acceptors (Lipinski definition) is 5. The predicted molar refractivity (Wildman–Crippen MR) is 87.5 cm³/mol. The van der Waals surface area contributed by atoms with Crippen LogP contribution in [0.2, 0.25) is 0 Å². The predicted octanol–water partition coefficient (Wildman–Crippen LogP) is 2.55. The zero-order valence-corrected chi connectivity index (χ0v) is 12.9. The van der Waals surface area contributed by atoms with Crippen molar-refractivity contribution in [1.29, 1.82) is 0 Å². The molecule has 0 spiro atoms. The van der Waals surface area contributed by atoms with Crippen LogP contribution in [-0.4, -0.2) is 32.4 Å². The molecule has 122 valence electrons. The minimum atomic E-state index is -1.55. The fraction of sp³-hybridized carbons (Fsp3) is 0.176. The molecule has 7 heteroatoms. The molecule has 1 aliphatic rings. The van der Waals surface area contributed by atoms with Crippen molar-refractivity contribution in [3.8, 4) is 0 Å². The minimum Gasteiger partial charge on any atom is -0.369 e. The Morgan fingerprint density at radius 2 is 1.83 bits per heavy atom. The molecule has 1 amide bonds. The van der Waals surface area contributed by atoms with Gasteiger partial charge in [-0.15, -0.1) is 0 Å². The molecule has 2 aromatic carbocycles. The van der Waals surface area contributed by atoms with Gasteiger partial charge < -0.3 is 5.11 Å². The van der Waals surface area contributed by atoms with Crippen molar-refractivity contribution in [3.63, 3.8) is 0 Å². The van der Waals surface area contributed by atoms with Gasteiger partial charge in [0.2, 0.25) is 0 Å². The van der Waals surface area contributed by atoms with Gasteiger partial charge in [0, 0.05) is 12.5 Å². The molecule has 0 fully saturated rings. The Morgan fingerprint density at radius 3 is 2.50 bits per heavy atom. The third kappa shape index (κ3) is 2.77. The second kappa shape index (κ2) is 5.86. The number of carbonyl (C=O) groups is 1. The SMILES string of the molecule is C[C@@]1(O)CC(c2ccccc2)=NN1C(=O)c1ccccc1[N+](=O)[O-]. The van der Waals surface area contributed by atoms with Gasteiger partial charge in [-0.1, -0.05) is 42.5 Å². The molecule has 1 heterocycles. The number of para-hydroxylation sites is 1. The lowest BCUT2D eigenvalue weighted by molar-refractivity contribution is -0.385. The first-order valence-electron chi connectivity index (χ1n) is 7.33. The van der Waals surface area contributed by atoms with Crippen molar-refractivity contribution < 1.29 is 14.8 Å². The van der Waals surface area contributed by atoms with Crippen LogP contribution in [0.15, 0.2) is 59.7 Å². The van der Waals surface area contributed by atoms with E-state index in [2.05, 4.69) is 5.10 Å². The van der Waals surface area contributed by atoms with Crippen molar-refractivity contribution in [1.82, 2.24) is 5.01 Å². The summed E-state index contributed by atoms with van der Waals surface area (Å²) in [7, 11) is 0. The van der Waals surface area contributed by atoms with Crippen LogP contribution in [0.3, 0.4) is 0 Å². The van der Waals surface area contributed by atoms with E-state index in [4.69, 9.17) is 0 Å². The fourth-order valence-electron chi connectivity index (χ4n) is 2.64. The maximum atomic E-state index is 12.7. The number of hydrazone groups is 1. The smallest absolute Gasteiger partial charge is 0.283 e. The van der Waals surface area contributed by atoms with Crippen LogP contribution >= 0.6 is 0 Å². The number of amides is 1. The summed E-state index contributed by atoms with van der Waals surface area (Å²) < 4.78 is 0. The second-order valence-corrected chi connectivity index (χ2v) is 5.70. The average molecular weight is 325 g/mol. The third-order valence-corrected chi connectivity index (χ3v) is 3.81. The molecule has 0 radical (unpaired) electrons. The molecule has 24 heavy (non-hydrogen) atoms. The van der Waals surface area contributed by atoms with Gasteiger partial charge >= 0.3 is 0 Å². The second-order valence-electron chi connectivity index (χ2n) is 5.70. The van der Waals surface area contributed by atoms with Crippen molar-refractivity contribution in [2.75, 3.05) is 0 Å². The van der Waals surface area contributed by atoms with Gasteiger partial charge in [-0.2, -0.15) is 10.1 Å². The normalized spacial score (nSPS) is 19.9. The van der Waals surface area contributed by atoms with Crippen LogP contribution < -0.4 is 0 Å². The molecule has 0 aliphatic carbocycles. The van der Waals surface area contributed by atoms with Gasteiger partial charge in [-0.25, -0.2) is 0 Å². The summed E-state index contributed by atoms with van der Waals surface area (Å²) in [6.45, 7) is 1.46. The summed E-state index contributed by atoms with van der Waals surface area (Å²) in [6, 6.07) is 14.8. The van der Waals surface area contributed by atoms with E-state index >= 15 is 0 Å². The highest BCUT2D eigenvalue weighted by molar-refractivity contribution is 6.06. The largest absolute Gasteiger partial charge is 0.369 e. The Bertz CT molecular complexity index is 831. The monoisotopic (exact) mass is 325 g/mol. The van der Waals surface area contributed by atoms with E-state index in [1.807, 2.05) is 30.3 Å². The number of nitrogens with zero attached hydrogens (tertiary/aromatic N) is 3. The Hall–Kier alpha value is -3.06. The van der Waals surface area contributed by atoms with Crippen LogP contribution in [0.4, 0.5) is 5.69 Å². The lowest BCUT2D eigenvalue weighted by Gasteiger charge is -2.26. The topological polar surface area (TPSA) is 96.0 Å². The molecule has 1 N–H and O–H groups in total. The average Bonchev–Trinajstić information content (AvgIpc) is 2.90. The summed E-state index contributed by atoms with van der Waals surface area (Å²) >= 11 is 0. The van der Waals surface area contributed by atoms with Gasteiger partial charge in [-0.05, 0) is 18.6 Å². The number of carbonyl (C=O) groups excluding carboxylic acids is 1. The summed E-state index contributed by atoms with van der Waals surface area (Å²) in [5, 5.41) is 26.8. The molecule has 0 aromatic heterocycles. The molecule has 0 saturated heterocycles. The maximum absolute atomic E-state index is 12.7. The van der Waals surface area contributed by atoms with Crippen LogP contribution in [0.25, 0.3) is 0 Å². The first-order chi connectivity index (χ1) is 11.4. The van der Waals surface area contributed by atoms with Crippen molar-refractivity contribution >= 4 is 17.3 Å². The third-order valence-electron chi connectivity index (χ3n) is 3.81. The number of aliphatic hydroxyl groups is 1. The standard InChI is InChI=1S/C17H15N3O4/c1-17(22)11-14(12-7-3-2-4-8-12)18-19(17)16(21)13-9-5-6-10-15(13)20(23)24/h2-10,22H,11H2,1H3/t17-/m1/s1. The highest BCUT2D eigenvalue weighted by Gasteiger charge is 2.42. The lowest BCUT2D eigenvalue weighted by Crippen LogP contribution is -2.43. The highest BCUT2D eigenvalue weighted by Crippen LogP contribution is 2.31. The van der Waals surface area contributed by atoms with Crippen LogP contribution in [0.1, 0.15) is 29.3 Å². The molecule has 3 rings (SSSR count). The van der Waals surface area contributed by atoms with Crippen LogP contribution in [0.5, 0.6) is 0 Å². The molecule has 0 bridgehead atoms. The number of benzene rings is 2. The Kier molecular flexibility index (Phi) is 3.86. The fourth-order valence-corrected chi connectivity index (χ4v) is 2.64. The van der Waals surface area contributed by atoms with E-state index in [-0.39, 0.29) is 17.7 Å². The van der Waals surface area contributed by atoms with Gasteiger partial charge in [0.05, 0.1) is 10.6 Å². The molecule has 1 aliphatic heterocycles. The zero-order valence-electron chi connectivity index (χ0n) is 12.9. The van der Waals surface area contributed by atoms with E-state index in [1.54, 1.807) is 0 Å². The summed E-state index contributed by atoms with van der Waals surface area (Å²) in [5.41, 5.74) is -0.642. The van der Waals surface area contributed by atoms with Gasteiger partial charge in [0.25, 0.3) is 11.6 Å². The molecule has 7 nitrogen and oxygen atoms in total. The van der Waals surface area contributed by atoms with Crippen LogP contribution in [-0.2, 0) is 0 Å². The summed E-state index contributed by atoms with van der Waals surface area (Å²) in [5.74, 6) is -0.710. The van der Waals surface area contributed by atoms with Crippen molar-refractivity contribution in [3.05, 3.63) is 75.8 Å². The Morgan fingerprint density at radius 1 is 1.21 bits per heavy atom. The van der Waals surface area contributed by atoms with Crippen molar-refractivity contribution in [2.45, 2.75) is 19.1 Å². The molecular formula is C17H15N3O4. The zero-order chi connectivity index (χ0) is 17.3.